The second-order valence-corrected chi connectivity index (χ2v) is 4.33. The topological polar surface area (TPSA) is 57.9 Å². The SMILES string of the molecule is [NH]C1CCS(=O)(=O)C1. The number of sulfone groups is 1. The first-order valence-corrected chi connectivity index (χ1v) is 4.34. The molecule has 1 aliphatic rings. The Hall–Kier alpha value is -0.0900. The zero-order valence-corrected chi connectivity index (χ0v) is 5.24. The molecule has 1 radical (unpaired) electrons. The quantitative estimate of drug-likeness (QED) is 0.446. The summed E-state index contributed by atoms with van der Waals surface area (Å²) in [5, 5.41) is 0. The van der Waals surface area contributed by atoms with E-state index in [2.05, 4.69) is 0 Å². The van der Waals surface area contributed by atoms with Gasteiger partial charge in [0, 0.05) is 6.04 Å². The molecule has 8 heavy (non-hydrogen) atoms. The summed E-state index contributed by atoms with van der Waals surface area (Å²) in [6.45, 7) is 0. The summed E-state index contributed by atoms with van der Waals surface area (Å²) in [4.78, 5) is 0. The largest absolute Gasteiger partial charge is 0.253 e. The lowest BCUT2D eigenvalue weighted by molar-refractivity contribution is 0.601. The molecule has 1 rings (SSSR count). The van der Waals surface area contributed by atoms with Crippen molar-refractivity contribution in [3.8, 4) is 0 Å². The van der Waals surface area contributed by atoms with Crippen molar-refractivity contribution >= 4 is 9.84 Å². The van der Waals surface area contributed by atoms with Gasteiger partial charge in [-0.1, -0.05) is 0 Å². The van der Waals surface area contributed by atoms with E-state index in [0.29, 0.717) is 6.42 Å². The zero-order chi connectivity index (χ0) is 6.20. The van der Waals surface area contributed by atoms with Crippen LogP contribution in [0.25, 0.3) is 0 Å². The van der Waals surface area contributed by atoms with Crippen LogP contribution in [0.5, 0.6) is 0 Å². The first-order chi connectivity index (χ1) is 3.60. The molecule has 1 saturated heterocycles. The van der Waals surface area contributed by atoms with Crippen LogP contribution < -0.4 is 5.73 Å². The molecule has 0 spiro atoms. The van der Waals surface area contributed by atoms with E-state index in [4.69, 9.17) is 5.73 Å². The molecule has 3 nitrogen and oxygen atoms in total. The van der Waals surface area contributed by atoms with E-state index in [1.807, 2.05) is 0 Å². The Morgan fingerprint density at radius 2 is 2.12 bits per heavy atom. The van der Waals surface area contributed by atoms with Gasteiger partial charge in [0.15, 0.2) is 9.84 Å². The summed E-state index contributed by atoms with van der Waals surface area (Å²) in [7, 11) is -2.78. The van der Waals surface area contributed by atoms with Gasteiger partial charge < -0.3 is 0 Å². The minimum Gasteiger partial charge on any atom is -0.253 e. The summed E-state index contributed by atoms with van der Waals surface area (Å²) in [5.41, 5.74) is 7.01. The monoisotopic (exact) mass is 134 g/mol. The van der Waals surface area contributed by atoms with Gasteiger partial charge in [-0.05, 0) is 6.42 Å². The second-order valence-electron chi connectivity index (χ2n) is 2.10. The summed E-state index contributed by atoms with van der Waals surface area (Å²) in [6.07, 6.45) is 0.530. The van der Waals surface area contributed by atoms with Crippen molar-refractivity contribution < 1.29 is 8.42 Å². The molecule has 0 aromatic carbocycles. The molecular weight excluding hydrogens is 126 g/mol. The third-order valence-electron chi connectivity index (χ3n) is 1.23. The molecule has 0 amide bonds. The Labute approximate surface area is 48.8 Å². The van der Waals surface area contributed by atoms with Crippen LogP contribution in [-0.2, 0) is 9.84 Å². The first-order valence-electron chi connectivity index (χ1n) is 2.52. The van der Waals surface area contributed by atoms with Crippen LogP contribution in [0.4, 0.5) is 0 Å². The fourth-order valence-corrected chi connectivity index (χ4v) is 2.39. The van der Waals surface area contributed by atoms with Gasteiger partial charge in [0.25, 0.3) is 0 Å². The highest BCUT2D eigenvalue weighted by atomic mass is 32.2. The van der Waals surface area contributed by atoms with Crippen LogP contribution >= 0.6 is 0 Å². The van der Waals surface area contributed by atoms with Crippen molar-refractivity contribution in [3.05, 3.63) is 0 Å². The number of hydrogen-bond donors (Lipinski definition) is 0. The molecule has 0 aromatic heterocycles. The second kappa shape index (κ2) is 1.70. The summed E-state index contributed by atoms with van der Waals surface area (Å²) >= 11 is 0. The molecule has 1 atom stereocenters. The summed E-state index contributed by atoms with van der Waals surface area (Å²) in [6, 6.07) is -0.347. The minimum absolute atomic E-state index is 0.0764. The highest BCUT2D eigenvalue weighted by Gasteiger charge is 2.24. The van der Waals surface area contributed by atoms with Gasteiger partial charge in [0.1, 0.15) is 0 Å². The molecule has 1 fully saturated rings. The first kappa shape index (κ1) is 6.04. The lowest BCUT2D eigenvalue weighted by atomic mass is 10.3. The Bertz CT molecular complexity index is 172. The van der Waals surface area contributed by atoms with Gasteiger partial charge in [-0.25, -0.2) is 8.42 Å². The van der Waals surface area contributed by atoms with Crippen LogP contribution in [0.2, 0.25) is 0 Å². The molecule has 1 heterocycles. The average molecular weight is 134 g/mol. The van der Waals surface area contributed by atoms with E-state index in [1.54, 1.807) is 0 Å². The van der Waals surface area contributed by atoms with Crippen LogP contribution in [0, 0.1) is 0 Å². The molecule has 0 aromatic rings. The van der Waals surface area contributed by atoms with Crippen molar-refractivity contribution in [1.82, 2.24) is 5.73 Å². The van der Waals surface area contributed by atoms with Crippen molar-refractivity contribution in [2.45, 2.75) is 12.5 Å². The third kappa shape index (κ3) is 1.20. The predicted octanol–water partition coefficient (Wildman–Crippen LogP) is -0.544. The minimum atomic E-state index is -2.78. The standard InChI is InChI=1S/C4H8NO2S/c5-4-1-2-8(6,7)3-4/h4-5H,1-3H2. The fourth-order valence-electron chi connectivity index (χ4n) is 0.795. The Morgan fingerprint density at radius 3 is 2.25 bits per heavy atom. The predicted molar refractivity (Wildman–Crippen MR) is 30.2 cm³/mol. The van der Waals surface area contributed by atoms with E-state index in [1.165, 1.54) is 0 Å². The van der Waals surface area contributed by atoms with Gasteiger partial charge in [-0.15, -0.1) is 0 Å². The number of hydrogen-bond acceptors (Lipinski definition) is 2. The van der Waals surface area contributed by atoms with Crippen LogP contribution in [0.1, 0.15) is 6.42 Å². The van der Waals surface area contributed by atoms with Gasteiger partial charge in [-0.2, -0.15) is 0 Å². The normalized spacial score (nSPS) is 35.4. The molecule has 0 aliphatic carbocycles. The highest BCUT2D eigenvalue weighted by molar-refractivity contribution is 7.91. The third-order valence-corrected chi connectivity index (χ3v) is 3.00. The molecule has 1 aliphatic heterocycles. The Kier molecular flexibility index (Phi) is 1.28. The van der Waals surface area contributed by atoms with Gasteiger partial charge in [0.05, 0.1) is 11.5 Å². The van der Waals surface area contributed by atoms with Crippen LogP contribution in [0.3, 0.4) is 0 Å². The summed E-state index contributed by atoms with van der Waals surface area (Å²) in [5.74, 6) is 0.300. The van der Waals surface area contributed by atoms with Gasteiger partial charge >= 0.3 is 0 Å². The van der Waals surface area contributed by atoms with Crippen molar-refractivity contribution in [3.63, 3.8) is 0 Å². The van der Waals surface area contributed by atoms with E-state index >= 15 is 0 Å². The molecule has 1 unspecified atom stereocenters. The number of nitrogens with one attached hydrogen (secondary N) is 1. The highest BCUT2D eigenvalue weighted by Crippen LogP contribution is 2.09. The Morgan fingerprint density at radius 1 is 1.50 bits per heavy atom. The van der Waals surface area contributed by atoms with Crippen LogP contribution in [-0.4, -0.2) is 26.0 Å². The van der Waals surface area contributed by atoms with Crippen molar-refractivity contribution in [2.24, 2.45) is 0 Å². The maximum Gasteiger partial charge on any atom is 0.151 e. The maximum absolute atomic E-state index is 10.5. The smallest absolute Gasteiger partial charge is 0.151 e. The van der Waals surface area contributed by atoms with Gasteiger partial charge in [0.2, 0.25) is 0 Å². The van der Waals surface area contributed by atoms with Gasteiger partial charge in [-0.3, -0.25) is 5.73 Å². The van der Waals surface area contributed by atoms with E-state index in [-0.39, 0.29) is 17.5 Å². The molecular formula is C4H8NO2S. The van der Waals surface area contributed by atoms with Crippen LogP contribution in [0.15, 0.2) is 0 Å². The average Bonchev–Trinajstić information content (AvgIpc) is 1.82. The summed E-state index contributed by atoms with van der Waals surface area (Å²) < 4.78 is 21.0. The maximum atomic E-state index is 10.5. The van der Waals surface area contributed by atoms with Crippen molar-refractivity contribution in [2.75, 3.05) is 11.5 Å². The Balaban J connectivity index is 2.71. The molecule has 47 valence electrons. The van der Waals surface area contributed by atoms with Crippen molar-refractivity contribution in [1.29, 1.82) is 0 Å². The molecule has 1 N–H and O–H groups in total. The lowest BCUT2D eigenvalue weighted by Crippen LogP contribution is -2.09. The molecule has 0 saturated carbocycles. The zero-order valence-electron chi connectivity index (χ0n) is 4.42. The fraction of sp³-hybridized carbons (Fsp3) is 1.00. The number of rotatable bonds is 0. The lowest BCUT2D eigenvalue weighted by Gasteiger charge is -1.89. The van der Waals surface area contributed by atoms with E-state index < -0.39 is 9.84 Å². The van der Waals surface area contributed by atoms with E-state index in [0.717, 1.165) is 0 Å². The van der Waals surface area contributed by atoms with E-state index in [9.17, 15) is 8.42 Å². The molecule has 4 heteroatoms. The molecule has 0 bridgehead atoms.